The topological polar surface area (TPSA) is 41.1 Å². The van der Waals surface area contributed by atoms with Gasteiger partial charge in [-0.25, -0.2) is 0 Å². The number of rotatable bonds is 3. The molecule has 0 radical (unpaired) electrons. The molecule has 1 unspecified atom stereocenters. The molecule has 3 rings (SSSR count). The van der Waals surface area contributed by atoms with Gasteiger partial charge in [0.15, 0.2) is 0 Å². The lowest BCUT2D eigenvalue weighted by atomic mass is 9.93. The molecular weight excluding hydrogens is 256 g/mol. The standard InChI is InChI=1S/C15H18N2OS/c1-2-15(7-3-8-16-15)14(18)17-12-4-5-13-11(10-12)6-9-19-13/h4-6,9-10,16H,2-3,7-8H2,1H3,(H,17,18). The molecule has 4 heteroatoms. The lowest BCUT2D eigenvalue weighted by molar-refractivity contribution is -0.122. The smallest absolute Gasteiger partial charge is 0.244 e. The average molecular weight is 274 g/mol. The van der Waals surface area contributed by atoms with Crippen LogP contribution in [0.2, 0.25) is 0 Å². The molecule has 0 aliphatic carbocycles. The van der Waals surface area contributed by atoms with Gasteiger partial charge in [-0.3, -0.25) is 4.79 Å². The summed E-state index contributed by atoms with van der Waals surface area (Å²) >= 11 is 1.72. The summed E-state index contributed by atoms with van der Waals surface area (Å²) in [6.45, 7) is 3.00. The normalized spacial score (nSPS) is 22.8. The van der Waals surface area contributed by atoms with Gasteiger partial charge in [0, 0.05) is 10.4 Å². The van der Waals surface area contributed by atoms with Crippen molar-refractivity contribution in [1.82, 2.24) is 5.32 Å². The van der Waals surface area contributed by atoms with Crippen LogP contribution in [-0.4, -0.2) is 18.0 Å². The fourth-order valence-electron chi connectivity index (χ4n) is 2.76. The zero-order valence-corrected chi connectivity index (χ0v) is 11.8. The number of hydrogen-bond donors (Lipinski definition) is 2. The number of benzene rings is 1. The van der Waals surface area contributed by atoms with Gasteiger partial charge in [-0.05, 0) is 60.8 Å². The number of nitrogens with one attached hydrogen (secondary N) is 2. The first-order valence-electron chi connectivity index (χ1n) is 6.77. The van der Waals surface area contributed by atoms with Crippen molar-refractivity contribution in [3.8, 4) is 0 Å². The van der Waals surface area contributed by atoms with Crippen LogP contribution in [0.4, 0.5) is 5.69 Å². The minimum absolute atomic E-state index is 0.0991. The van der Waals surface area contributed by atoms with E-state index in [-0.39, 0.29) is 11.4 Å². The van der Waals surface area contributed by atoms with Crippen molar-refractivity contribution < 1.29 is 4.79 Å². The second-order valence-electron chi connectivity index (χ2n) is 5.09. The number of anilines is 1. The molecule has 1 aliphatic rings. The highest BCUT2D eigenvalue weighted by molar-refractivity contribution is 7.17. The van der Waals surface area contributed by atoms with Crippen LogP contribution in [0.5, 0.6) is 0 Å². The fourth-order valence-corrected chi connectivity index (χ4v) is 3.53. The Morgan fingerprint density at radius 2 is 2.37 bits per heavy atom. The highest BCUT2D eigenvalue weighted by Gasteiger charge is 2.38. The van der Waals surface area contributed by atoms with Crippen molar-refractivity contribution in [1.29, 1.82) is 0 Å². The third-order valence-corrected chi connectivity index (χ3v) is 4.89. The van der Waals surface area contributed by atoms with E-state index in [1.54, 1.807) is 11.3 Å². The summed E-state index contributed by atoms with van der Waals surface area (Å²) in [5, 5.41) is 9.68. The Bertz CT molecular complexity index is 599. The Hall–Kier alpha value is -1.39. The van der Waals surface area contributed by atoms with Gasteiger partial charge in [0.2, 0.25) is 5.91 Å². The maximum atomic E-state index is 12.5. The maximum Gasteiger partial charge on any atom is 0.244 e. The van der Waals surface area contributed by atoms with E-state index < -0.39 is 0 Å². The van der Waals surface area contributed by atoms with Gasteiger partial charge in [-0.2, -0.15) is 0 Å². The molecule has 1 amide bonds. The molecule has 2 aromatic rings. The third-order valence-electron chi connectivity index (χ3n) is 3.99. The quantitative estimate of drug-likeness (QED) is 0.901. The minimum atomic E-state index is -0.371. The first-order valence-corrected chi connectivity index (χ1v) is 7.65. The molecule has 3 nitrogen and oxygen atoms in total. The minimum Gasteiger partial charge on any atom is -0.324 e. The van der Waals surface area contributed by atoms with Crippen molar-refractivity contribution >= 4 is 33.0 Å². The Labute approximate surface area is 117 Å². The zero-order chi connectivity index (χ0) is 13.3. The van der Waals surface area contributed by atoms with Crippen molar-refractivity contribution in [2.45, 2.75) is 31.7 Å². The van der Waals surface area contributed by atoms with Crippen molar-refractivity contribution in [3.63, 3.8) is 0 Å². The van der Waals surface area contributed by atoms with Gasteiger partial charge in [-0.1, -0.05) is 6.92 Å². The summed E-state index contributed by atoms with van der Waals surface area (Å²) in [5.41, 5.74) is 0.515. The number of carbonyl (C=O) groups excluding carboxylic acids is 1. The van der Waals surface area contributed by atoms with Crippen LogP contribution in [-0.2, 0) is 4.79 Å². The molecule has 1 aromatic carbocycles. The van der Waals surface area contributed by atoms with Crippen LogP contribution in [0.3, 0.4) is 0 Å². The molecule has 0 bridgehead atoms. The molecule has 2 N–H and O–H groups in total. The van der Waals surface area contributed by atoms with Crippen LogP contribution in [0.15, 0.2) is 29.6 Å². The Balaban J connectivity index is 1.81. The first-order chi connectivity index (χ1) is 9.23. The van der Waals surface area contributed by atoms with Crippen LogP contribution in [0, 0.1) is 0 Å². The molecule has 19 heavy (non-hydrogen) atoms. The van der Waals surface area contributed by atoms with E-state index in [2.05, 4.69) is 35.1 Å². The summed E-state index contributed by atoms with van der Waals surface area (Å²) in [7, 11) is 0. The molecule has 100 valence electrons. The van der Waals surface area contributed by atoms with E-state index in [0.717, 1.165) is 31.5 Å². The highest BCUT2D eigenvalue weighted by Crippen LogP contribution is 2.27. The van der Waals surface area contributed by atoms with Gasteiger partial charge < -0.3 is 10.6 Å². The average Bonchev–Trinajstić information content (AvgIpc) is 3.07. The Kier molecular flexibility index (Phi) is 3.29. The number of fused-ring (bicyclic) bond motifs is 1. The molecule has 0 spiro atoms. The van der Waals surface area contributed by atoms with E-state index in [4.69, 9.17) is 0 Å². The van der Waals surface area contributed by atoms with Crippen LogP contribution in [0.1, 0.15) is 26.2 Å². The highest BCUT2D eigenvalue weighted by atomic mass is 32.1. The molecular formula is C15H18N2OS. The van der Waals surface area contributed by atoms with Crippen molar-refractivity contribution in [2.24, 2.45) is 0 Å². The largest absolute Gasteiger partial charge is 0.324 e. The molecule has 1 atom stereocenters. The van der Waals surface area contributed by atoms with E-state index in [1.165, 1.54) is 10.1 Å². The Morgan fingerprint density at radius 3 is 3.11 bits per heavy atom. The maximum absolute atomic E-state index is 12.5. The fraction of sp³-hybridized carbons (Fsp3) is 0.400. The van der Waals surface area contributed by atoms with Crippen LogP contribution in [0.25, 0.3) is 10.1 Å². The summed E-state index contributed by atoms with van der Waals surface area (Å²) in [6, 6.07) is 8.17. The van der Waals surface area contributed by atoms with Crippen molar-refractivity contribution in [2.75, 3.05) is 11.9 Å². The zero-order valence-electron chi connectivity index (χ0n) is 11.0. The molecule has 2 heterocycles. The third kappa shape index (κ3) is 2.26. The summed E-state index contributed by atoms with van der Waals surface area (Å²) < 4.78 is 1.25. The van der Waals surface area contributed by atoms with E-state index in [1.807, 2.05) is 12.1 Å². The number of thiophene rings is 1. The number of carbonyl (C=O) groups is 1. The van der Waals surface area contributed by atoms with Gasteiger partial charge in [0.1, 0.15) is 0 Å². The summed E-state index contributed by atoms with van der Waals surface area (Å²) in [6.07, 6.45) is 2.83. The van der Waals surface area contributed by atoms with Crippen LogP contribution >= 0.6 is 11.3 Å². The van der Waals surface area contributed by atoms with E-state index in [0.29, 0.717) is 0 Å². The lowest BCUT2D eigenvalue weighted by Gasteiger charge is -2.26. The van der Waals surface area contributed by atoms with E-state index in [9.17, 15) is 4.79 Å². The summed E-state index contributed by atoms with van der Waals surface area (Å²) in [4.78, 5) is 12.5. The second kappa shape index (κ2) is 4.94. The predicted octanol–water partition coefficient (Wildman–Crippen LogP) is 3.37. The van der Waals surface area contributed by atoms with Crippen LogP contribution < -0.4 is 10.6 Å². The SMILES string of the molecule is CCC1(C(=O)Nc2ccc3sccc3c2)CCCN1. The van der Waals surface area contributed by atoms with Gasteiger partial charge >= 0.3 is 0 Å². The molecule has 1 aliphatic heterocycles. The number of hydrogen-bond acceptors (Lipinski definition) is 3. The van der Waals surface area contributed by atoms with Crippen molar-refractivity contribution in [3.05, 3.63) is 29.6 Å². The monoisotopic (exact) mass is 274 g/mol. The second-order valence-corrected chi connectivity index (χ2v) is 6.04. The predicted molar refractivity (Wildman–Crippen MR) is 80.7 cm³/mol. The van der Waals surface area contributed by atoms with E-state index >= 15 is 0 Å². The molecule has 1 aromatic heterocycles. The van der Waals surface area contributed by atoms with Gasteiger partial charge in [0.05, 0.1) is 5.54 Å². The van der Waals surface area contributed by atoms with Gasteiger partial charge in [-0.15, -0.1) is 11.3 Å². The molecule has 0 saturated carbocycles. The van der Waals surface area contributed by atoms with Gasteiger partial charge in [0.25, 0.3) is 0 Å². The summed E-state index contributed by atoms with van der Waals surface area (Å²) in [5.74, 6) is 0.0991. The number of amides is 1. The Morgan fingerprint density at radius 1 is 1.47 bits per heavy atom. The molecule has 1 fully saturated rings. The first kappa shape index (κ1) is 12.6. The lowest BCUT2D eigenvalue weighted by Crippen LogP contribution is -2.50. The molecule has 1 saturated heterocycles.